The first-order valence-electron chi connectivity index (χ1n) is 2.00. The average Bonchev–Trinajstić information content (AvgIpc) is 1.50. The van der Waals surface area contributed by atoms with Crippen LogP contribution in [0.15, 0.2) is 0 Å². The summed E-state index contributed by atoms with van der Waals surface area (Å²) in [5.41, 5.74) is 0. The van der Waals surface area contributed by atoms with Crippen molar-refractivity contribution in [2.45, 2.75) is 0 Å². The third kappa shape index (κ3) is 633. The van der Waals surface area contributed by atoms with Gasteiger partial charge in [0.25, 0.3) is 0 Å². The van der Waals surface area contributed by atoms with Crippen molar-refractivity contribution in [3.05, 3.63) is 0 Å². The zero-order valence-corrected chi connectivity index (χ0v) is 22.0. The van der Waals surface area contributed by atoms with Crippen LogP contribution in [-0.2, 0) is 10.4 Å². The van der Waals surface area contributed by atoms with Gasteiger partial charge in [-0.15, -0.1) is 12.4 Å². The summed E-state index contributed by atoms with van der Waals surface area (Å²) in [6.45, 7) is 0. The molecule has 10 nitrogen and oxygen atoms in total. The van der Waals surface area contributed by atoms with Crippen LogP contribution in [0.25, 0.3) is 0 Å². The van der Waals surface area contributed by atoms with Crippen molar-refractivity contribution in [2.75, 3.05) is 0 Å². The van der Waals surface area contributed by atoms with E-state index in [-0.39, 0.29) is 169 Å². The van der Waals surface area contributed by atoms with Gasteiger partial charge < -0.3 is 37.1 Å². The van der Waals surface area contributed by atoms with E-state index in [1.165, 1.54) is 0 Å². The summed E-state index contributed by atoms with van der Waals surface area (Å²) in [4.78, 5) is 17.1. The predicted molar refractivity (Wildman–Crippen MR) is 46.1 cm³/mol. The Hall–Kier alpha value is 3.63. The van der Waals surface area contributed by atoms with E-state index < -0.39 is 22.7 Å². The number of hydrogen-bond acceptors (Lipinski definition) is 4. The van der Waals surface area contributed by atoms with Crippen LogP contribution in [0, 0.1) is 0 Å². The third-order valence-electron chi connectivity index (χ3n) is 0. The molecule has 0 heterocycles. The molecule has 17 heteroatoms. The van der Waals surface area contributed by atoms with Gasteiger partial charge in [0.1, 0.15) is 0 Å². The average molecular weight is 405 g/mol. The number of halogens is 2. The Morgan fingerprint density at radius 2 is 0.789 bits per heavy atom. The fraction of sp³-hybridized carbons (Fsp3) is 0. The minimum Gasteiger partial charge on any atom is -1.00 e. The molecule has 0 aromatic rings. The zero-order chi connectivity index (χ0) is 11.7. The van der Waals surface area contributed by atoms with Crippen LogP contribution in [0.5, 0.6) is 0 Å². The van der Waals surface area contributed by atoms with Crippen molar-refractivity contribution in [3.8, 4) is 0 Å². The second-order valence-corrected chi connectivity index (χ2v) is 1.91. The predicted octanol–water partition coefficient (Wildman–Crippen LogP) is -14.4. The van der Waals surface area contributed by atoms with Crippen LogP contribution >= 0.6 is 12.4 Å². The maximum atomic E-state index is 8.74. The summed E-state index contributed by atoms with van der Waals surface area (Å²) in [6, 6.07) is 0. The summed E-state index contributed by atoms with van der Waals surface area (Å²) in [6.07, 6.45) is -3.67. The number of rotatable bonds is 0. The molecule has 0 aromatic carbocycles. The molecule has 0 aliphatic carbocycles. The SMILES string of the molecule is Cl.O=C(O)O.O=C(O)O.O=S(=O)(O)O.[Cl-].[H-].[H-].[H-].[K+].[Na+].[Na+].[Na+]. The van der Waals surface area contributed by atoms with Gasteiger partial charge in [-0.25, -0.2) is 9.59 Å². The standard InChI is InChI=1S/2CH2O3.2ClH.K.3Na.H2O4S.3H/c2*2-1(3)4;;;;;;;1-5(2,3)4;;;/h2*(H2,2,3,4);2*1H;;;;;(H2,1,2,3,4);;;/q;;;;4*+1;;3*-1/p-1. The summed E-state index contributed by atoms with van der Waals surface area (Å²) >= 11 is 0. The smallest absolute Gasteiger partial charge is 1.00 e. The molecule has 0 aliphatic heterocycles. The van der Waals surface area contributed by atoms with Gasteiger partial charge in [0.05, 0.1) is 0 Å². The van der Waals surface area contributed by atoms with Crippen molar-refractivity contribution in [1.82, 2.24) is 0 Å². The molecule has 19 heavy (non-hydrogen) atoms. The molecule has 0 amide bonds. The van der Waals surface area contributed by atoms with Gasteiger partial charge in [0.15, 0.2) is 0 Å². The maximum Gasteiger partial charge on any atom is 1.00 e. The van der Waals surface area contributed by atoms with Gasteiger partial charge in [0, 0.05) is 0 Å². The van der Waals surface area contributed by atoms with Gasteiger partial charge in [-0.3, -0.25) is 9.11 Å². The molecule has 102 valence electrons. The molecule has 0 bridgehead atoms. The largest absolute Gasteiger partial charge is 1.00 e. The molecule has 0 aromatic heterocycles. The third-order valence-corrected chi connectivity index (χ3v) is 0. The summed E-state index contributed by atoms with van der Waals surface area (Å²) in [5.74, 6) is 0. The first kappa shape index (κ1) is 57.0. The van der Waals surface area contributed by atoms with E-state index in [4.69, 9.17) is 47.5 Å². The fourth-order valence-electron chi connectivity index (χ4n) is 0. The Kier molecular flexibility index (Phi) is 113. The van der Waals surface area contributed by atoms with E-state index >= 15 is 0 Å². The number of carbonyl (C=O) groups is 2. The van der Waals surface area contributed by atoms with Gasteiger partial charge in [-0.05, 0) is 0 Å². The van der Waals surface area contributed by atoms with Gasteiger partial charge >= 0.3 is 163 Å². The molecular formula is C2H10Cl2KNa3O10S. The normalized spacial score (nSPS) is 5.58. The molecule has 0 saturated heterocycles. The van der Waals surface area contributed by atoms with E-state index in [0.717, 1.165) is 0 Å². The van der Waals surface area contributed by atoms with Crippen molar-refractivity contribution in [1.29, 1.82) is 0 Å². The van der Waals surface area contributed by atoms with Gasteiger partial charge in [-0.2, -0.15) is 8.42 Å². The molecule has 0 radical (unpaired) electrons. The molecule has 0 unspecified atom stereocenters. The van der Waals surface area contributed by atoms with E-state index in [1.54, 1.807) is 0 Å². The van der Waals surface area contributed by atoms with Crippen LogP contribution in [0.1, 0.15) is 4.28 Å². The first-order chi connectivity index (χ1) is 5.46. The monoisotopic (exact) mass is 404 g/mol. The van der Waals surface area contributed by atoms with Crippen LogP contribution < -0.4 is 152 Å². The molecule has 0 spiro atoms. The van der Waals surface area contributed by atoms with Crippen LogP contribution in [0.2, 0.25) is 0 Å². The van der Waals surface area contributed by atoms with Crippen molar-refractivity contribution < 1.29 is 204 Å². The topological polar surface area (TPSA) is 190 Å². The zero-order valence-electron chi connectivity index (χ0n) is 13.5. The molecule has 0 aliphatic rings. The van der Waals surface area contributed by atoms with E-state index in [0.29, 0.717) is 0 Å². The molecule has 0 fully saturated rings. The molecular weight excluding hydrogens is 395 g/mol. The minimum atomic E-state index is -4.67. The maximum absolute atomic E-state index is 8.74. The molecule has 0 rings (SSSR count). The summed E-state index contributed by atoms with van der Waals surface area (Å²) in [7, 11) is -4.67. The Morgan fingerprint density at radius 3 is 0.789 bits per heavy atom. The Morgan fingerprint density at radius 1 is 0.789 bits per heavy atom. The first-order valence-corrected chi connectivity index (χ1v) is 3.40. The number of hydrogen-bond donors (Lipinski definition) is 6. The van der Waals surface area contributed by atoms with Crippen LogP contribution in [-0.4, -0.2) is 50.3 Å². The van der Waals surface area contributed by atoms with Crippen LogP contribution in [0.4, 0.5) is 9.59 Å². The van der Waals surface area contributed by atoms with E-state index in [9.17, 15) is 0 Å². The summed E-state index contributed by atoms with van der Waals surface area (Å²) < 4.78 is 31.6. The van der Waals surface area contributed by atoms with E-state index in [1.807, 2.05) is 0 Å². The van der Waals surface area contributed by atoms with Crippen molar-refractivity contribution >= 4 is 35.1 Å². The minimum absolute atomic E-state index is 0. The number of carboxylic acid groups (broad SMARTS) is 4. The Bertz CT molecular complexity index is 246. The second-order valence-electron chi connectivity index (χ2n) is 1.01. The van der Waals surface area contributed by atoms with Crippen LogP contribution in [0.3, 0.4) is 0 Å². The summed E-state index contributed by atoms with van der Waals surface area (Å²) in [5, 5.41) is 27.9. The van der Waals surface area contributed by atoms with Crippen molar-refractivity contribution in [2.24, 2.45) is 0 Å². The van der Waals surface area contributed by atoms with Gasteiger partial charge in [0.2, 0.25) is 0 Å². The second kappa shape index (κ2) is 37.7. The molecule has 0 atom stereocenters. The van der Waals surface area contributed by atoms with Crippen molar-refractivity contribution in [3.63, 3.8) is 0 Å². The fourth-order valence-corrected chi connectivity index (χ4v) is 0. The Balaban J connectivity index is -0.00000000569. The Labute approximate surface area is 234 Å². The molecule has 0 saturated carbocycles. The molecule has 6 N–H and O–H groups in total. The van der Waals surface area contributed by atoms with E-state index in [2.05, 4.69) is 0 Å². The van der Waals surface area contributed by atoms with Gasteiger partial charge in [-0.1, -0.05) is 0 Å². The quantitative estimate of drug-likeness (QED) is 0.167.